The van der Waals surface area contributed by atoms with Gasteiger partial charge in [-0.15, -0.1) is 0 Å². The van der Waals surface area contributed by atoms with Crippen molar-refractivity contribution in [2.45, 2.75) is 6.92 Å². The molecular weight excluding hydrogens is 629 g/mol. The van der Waals surface area contributed by atoms with Crippen LogP contribution < -0.4 is 0 Å². The van der Waals surface area contributed by atoms with Crippen LogP contribution in [-0.4, -0.2) is 4.98 Å². The largest absolute Gasteiger partial charge is 0.256 e. The predicted octanol–water partition coefficient (Wildman–Crippen LogP) is 13.3. The van der Waals surface area contributed by atoms with Crippen LogP contribution in [0.15, 0.2) is 182 Å². The molecule has 0 radical (unpaired) electrons. The van der Waals surface area contributed by atoms with Crippen LogP contribution in [0.3, 0.4) is 0 Å². The number of benzene rings is 7. The normalized spacial score (nSPS) is 11.0. The van der Waals surface area contributed by atoms with Crippen molar-refractivity contribution in [3.63, 3.8) is 0 Å². The van der Waals surface area contributed by atoms with Gasteiger partial charge in [-0.2, -0.15) is 0 Å². The molecule has 3 heteroatoms. The van der Waals surface area contributed by atoms with Crippen LogP contribution in [0.4, 0.5) is 8.78 Å². The van der Waals surface area contributed by atoms with E-state index in [1.165, 1.54) is 6.07 Å². The molecule has 0 aliphatic heterocycles. The molecule has 0 bridgehead atoms. The van der Waals surface area contributed by atoms with E-state index in [1.54, 1.807) is 6.92 Å². The highest BCUT2D eigenvalue weighted by Crippen LogP contribution is 2.55. The second-order valence-electron chi connectivity index (χ2n) is 12.6. The summed E-state index contributed by atoms with van der Waals surface area (Å²) < 4.78 is 29.3. The molecule has 0 unspecified atom stereocenters. The Hall–Kier alpha value is -6.45. The summed E-state index contributed by atoms with van der Waals surface area (Å²) in [7, 11) is 0. The van der Waals surface area contributed by atoms with Crippen LogP contribution in [-0.2, 0) is 0 Å². The Bertz CT molecular complexity index is 2340. The number of halogens is 2. The van der Waals surface area contributed by atoms with Gasteiger partial charge in [-0.3, -0.25) is 4.98 Å². The Labute approximate surface area is 297 Å². The Morgan fingerprint density at radius 1 is 0.353 bits per heavy atom. The summed E-state index contributed by atoms with van der Waals surface area (Å²) in [6, 6.07) is 59.1. The summed E-state index contributed by atoms with van der Waals surface area (Å²) in [5.74, 6) is -1.22. The molecule has 1 aromatic heterocycles. The molecule has 0 aliphatic rings. The van der Waals surface area contributed by atoms with Gasteiger partial charge in [-0.25, -0.2) is 8.78 Å². The van der Waals surface area contributed by atoms with E-state index in [0.717, 1.165) is 72.8 Å². The van der Waals surface area contributed by atoms with Crippen LogP contribution in [0.25, 0.3) is 78.0 Å². The van der Waals surface area contributed by atoms with E-state index in [0.29, 0.717) is 11.3 Å². The molecule has 0 fully saturated rings. The van der Waals surface area contributed by atoms with E-state index in [2.05, 4.69) is 127 Å². The van der Waals surface area contributed by atoms with Crippen LogP contribution in [0, 0.1) is 18.6 Å². The first-order valence-electron chi connectivity index (χ1n) is 17.0. The minimum Gasteiger partial charge on any atom is -0.256 e. The summed E-state index contributed by atoms with van der Waals surface area (Å²) in [5, 5.41) is 0. The third kappa shape index (κ3) is 6.04. The van der Waals surface area contributed by atoms with Crippen LogP contribution in [0.2, 0.25) is 0 Å². The maximum absolute atomic E-state index is 15.1. The van der Waals surface area contributed by atoms with E-state index >= 15 is 4.39 Å². The molecule has 0 N–H and O–H groups in total. The maximum atomic E-state index is 15.1. The molecule has 0 aliphatic carbocycles. The molecule has 0 saturated heterocycles. The van der Waals surface area contributed by atoms with E-state index < -0.39 is 11.6 Å². The first-order valence-corrected chi connectivity index (χ1v) is 17.0. The van der Waals surface area contributed by atoms with Gasteiger partial charge in [0.05, 0.1) is 5.69 Å². The van der Waals surface area contributed by atoms with Gasteiger partial charge >= 0.3 is 0 Å². The second kappa shape index (κ2) is 13.8. The SMILES string of the molecule is Cc1cc(-c2ccc(-c3c(-c4ccccc4)c(-c4ccccc4)c(-c4ccccc4)c(-c4ccccc4)c3-c3ccccc3)cn2)c(F)cc1F. The van der Waals surface area contributed by atoms with E-state index in [4.69, 9.17) is 4.98 Å². The van der Waals surface area contributed by atoms with Crippen molar-refractivity contribution < 1.29 is 8.78 Å². The number of hydrogen-bond acceptors (Lipinski definition) is 1. The summed E-state index contributed by atoms with van der Waals surface area (Å²) in [4.78, 5) is 4.85. The lowest BCUT2D eigenvalue weighted by molar-refractivity contribution is 0.579. The number of nitrogens with zero attached hydrogens (tertiary/aromatic N) is 1. The lowest BCUT2D eigenvalue weighted by Crippen LogP contribution is -2.02. The summed E-state index contributed by atoms with van der Waals surface area (Å²) in [5.41, 5.74) is 13.8. The van der Waals surface area contributed by atoms with Crippen molar-refractivity contribution in [1.82, 2.24) is 4.98 Å². The van der Waals surface area contributed by atoms with Crippen molar-refractivity contribution in [2.75, 3.05) is 0 Å². The minimum atomic E-state index is -0.641. The standard InChI is InChI=1S/C48H33F2N/c1-32-29-39(41(50)30-40(32)49)42-28-27-38(31-51-42)48-46(36-23-13-5-14-24-36)44(34-19-9-3-10-20-34)43(33-17-7-2-8-18-33)45(35-21-11-4-12-22-35)47(48)37-25-15-6-16-26-37/h2-31H,1H3. The molecule has 244 valence electrons. The molecule has 0 atom stereocenters. The van der Waals surface area contributed by atoms with Crippen molar-refractivity contribution in [1.29, 1.82) is 0 Å². The highest BCUT2D eigenvalue weighted by Gasteiger charge is 2.29. The number of hydrogen-bond donors (Lipinski definition) is 0. The predicted molar refractivity (Wildman–Crippen MR) is 207 cm³/mol. The monoisotopic (exact) mass is 661 g/mol. The van der Waals surface area contributed by atoms with Crippen molar-refractivity contribution in [3.05, 3.63) is 199 Å². The Kier molecular flexibility index (Phi) is 8.61. The fraction of sp³-hybridized carbons (Fsp3) is 0.0208. The van der Waals surface area contributed by atoms with Gasteiger partial charge in [-0.05, 0) is 80.3 Å². The zero-order valence-corrected chi connectivity index (χ0v) is 28.0. The molecular formula is C48H33F2N. The topological polar surface area (TPSA) is 12.9 Å². The smallest absolute Gasteiger partial charge is 0.135 e. The first kappa shape index (κ1) is 31.8. The molecule has 0 saturated carbocycles. The fourth-order valence-corrected chi connectivity index (χ4v) is 7.06. The zero-order chi connectivity index (χ0) is 34.7. The Balaban J connectivity index is 1.58. The fourth-order valence-electron chi connectivity index (χ4n) is 7.06. The zero-order valence-electron chi connectivity index (χ0n) is 28.0. The summed E-state index contributed by atoms with van der Waals surface area (Å²) in [6.07, 6.45) is 1.83. The molecule has 1 nitrogen and oxygen atoms in total. The van der Waals surface area contributed by atoms with Gasteiger partial charge in [0.2, 0.25) is 0 Å². The molecule has 51 heavy (non-hydrogen) atoms. The van der Waals surface area contributed by atoms with Crippen molar-refractivity contribution >= 4 is 0 Å². The third-order valence-corrected chi connectivity index (χ3v) is 9.39. The first-order chi connectivity index (χ1) is 25.1. The second-order valence-corrected chi connectivity index (χ2v) is 12.6. The summed E-state index contributed by atoms with van der Waals surface area (Å²) in [6.45, 7) is 1.63. The lowest BCUT2D eigenvalue weighted by Gasteiger charge is -2.28. The molecule has 1 heterocycles. The Morgan fingerprint density at radius 2 is 0.686 bits per heavy atom. The number of pyridine rings is 1. The van der Waals surface area contributed by atoms with Gasteiger partial charge in [-0.1, -0.05) is 158 Å². The molecule has 0 spiro atoms. The van der Waals surface area contributed by atoms with Gasteiger partial charge in [0.15, 0.2) is 0 Å². The number of aromatic nitrogens is 1. The van der Waals surface area contributed by atoms with E-state index in [9.17, 15) is 4.39 Å². The van der Waals surface area contributed by atoms with Gasteiger partial charge in [0.25, 0.3) is 0 Å². The number of rotatable bonds is 7. The lowest BCUT2D eigenvalue weighted by atomic mass is 9.74. The van der Waals surface area contributed by atoms with Crippen molar-refractivity contribution in [2.24, 2.45) is 0 Å². The quantitative estimate of drug-likeness (QED) is 0.166. The minimum absolute atomic E-state index is 0.265. The molecule has 0 amide bonds. The van der Waals surface area contributed by atoms with Crippen LogP contribution >= 0.6 is 0 Å². The molecule has 8 aromatic rings. The number of aryl methyl sites for hydroxylation is 1. The van der Waals surface area contributed by atoms with E-state index in [-0.39, 0.29) is 5.56 Å². The highest BCUT2D eigenvalue weighted by molar-refractivity contribution is 6.15. The summed E-state index contributed by atoms with van der Waals surface area (Å²) >= 11 is 0. The van der Waals surface area contributed by atoms with Gasteiger partial charge in [0.1, 0.15) is 11.6 Å². The van der Waals surface area contributed by atoms with Gasteiger partial charge < -0.3 is 0 Å². The molecule has 7 aromatic carbocycles. The third-order valence-electron chi connectivity index (χ3n) is 9.39. The highest BCUT2D eigenvalue weighted by atomic mass is 19.1. The van der Waals surface area contributed by atoms with Crippen molar-refractivity contribution in [3.8, 4) is 78.0 Å². The van der Waals surface area contributed by atoms with Crippen LogP contribution in [0.5, 0.6) is 0 Å². The maximum Gasteiger partial charge on any atom is 0.135 e. The average Bonchev–Trinajstić information content (AvgIpc) is 3.20. The van der Waals surface area contributed by atoms with Crippen LogP contribution in [0.1, 0.15) is 5.56 Å². The Morgan fingerprint density at radius 3 is 1.00 bits per heavy atom. The molecule has 8 rings (SSSR count). The van der Waals surface area contributed by atoms with E-state index in [1.807, 2.05) is 42.6 Å². The van der Waals surface area contributed by atoms with Gasteiger partial charge in [0, 0.05) is 29.0 Å². The average molecular weight is 662 g/mol.